The fourth-order valence-electron chi connectivity index (χ4n) is 2.02. The molecule has 132 valence electrons. The summed E-state index contributed by atoms with van der Waals surface area (Å²) >= 11 is 0. The molecule has 8 heteroatoms. The van der Waals surface area contributed by atoms with Crippen molar-refractivity contribution in [1.29, 1.82) is 0 Å². The lowest BCUT2D eigenvalue weighted by Crippen LogP contribution is -2.13. The van der Waals surface area contributed by atoms with Gasteiger partial charge in [0.25, 0.3) is 10.0 Å². The molecule has 0 heterocycles. The normalized spacial score (nSPS) is 11.3. The van der Waals surface area contributed by atoms with Crippen molar-refractivity contribution >= 4 is 27.8 Å². The molecule has 25 heavy (non-hydrogen) atoms. The highest BCUT2D eigenvalue weighted by atomic mass is 32.2. The number of aliphatic carboxylic acids is 1. The second kappa shape index (κ2) is 7.71. The SMILES string of the molecule is COc1ccc(OC)c(NS(=O)(=O)c2ccc(C=CC(=O)O)cc2)c1. The largest absolute Gasteiger partial charge is 0.497 e. The van der Waals surface area contributed by atoms with Crippen molar-refractivity contribution in [3.63, 3.8) is 0 Å². The van der Waals surface area contributed by atoms with Gasteiger partial charge in [-0.15, -0.1) is 0 Å². The molecule has 0 atom stereocenters. The molecule has 0 saturated carbocycles. The molecule has 2 N–H and O–H groups in total. The van der Waals surface area contributed by atoms with Gasteiger partial charge in [0.15, 0.2) is 0 Å². The summed E-state index contributed by atoms with van der Waals surface area (Å²) in [6.45, 7) is 0. The number of anilines is 1. The summed E-state index contributed by atoms with van der Waals surface area (Å²) in [5, 5.41) is 8.60. The highest BCUT2D eigenvalue weighted by Gasteiger charge is 2.17. The van der Waals surface area contributed by atoms with Crippen molar-refractivity contribution in [2.45, 2.75) is 4.90 Å². The maximum Gasteiger partial charge on any atom is 0.328 e. The van der Waals surface area contributed by atoms with Crippen molar-refractivity contribution in [2.24, 2.45) is 0 Å². The van der Waals surface area contributed by atoms with Crippen molar-refractivity contribution < 1.29 is 27.8 Å². The van der Waals surface area contributed by atoms with Gasteiger partial charge >= 0.3 is 5.97 Å². The quantitative estimate of drug-likeness (QED) is 0.733. The maximum atomic E-state index is 12.5. The number of carboxylic acids is 1. The second-order valence-corrected chi connectivity index (χ2v) is 6.59. The Bertz CT molecular complexity index is 888. The van der Waals surface area contributed by atoms with Crippen molar-refractivity contribution in [3.05, 3.63) is 54.1 Å². The van der Waals surface area contributed by atoms with Crippen LogP contribution in [0.1, 0.15) is 5.56 Å². The summed E-state index contributed by atoms with van der Waals surface area (Å²) in [6, 6.07) is 10.6. The van der Waals surface area contributed by atoms with Gasteiger partial charge in [-0.3, -0.25) is 4.72 Å². The van der Waals surface area contributed by atoms with E-state index in [0.717, 1.165) is 6.08 Å². The molecule has 0 aromatic heterocycles. The Kier molecular flexibility index (Phi) is 5.66. The first kappa shape index (κ1) is 18.3. The fourth-order valence-corrected chi connectivity index (χ4v) is 3.08. The lowest BCUT2D eigenvalue weighted by atomic mass is 10.2. The van der Waals surface area contributed by atoms with Gasteiger partial charge in [0.1, 0.15) is 11.5 Å². The average molecular weight is 363 g/mol. The lowest BCUT2D eigenvalue weighted by molar-refractivity contribution is -0.131. The van der Waals surface area contributed by atoms with Gasteiger partial charge in [-0.2, -0.15) is 0 Å². The maximum absolute atomic E-state index is 12.5. The number of benzene rings is 2. The van der Waals surface area contributed by atoms with Crippen LogP contribution in [0, 0.1) is 0 Å². The Hall–Kier alpha value is -3.00. The summed E-state index contributed by atoms with van der Waals surface area (Å²) in [4.78, 5) is 10.5. The van der Waals surface area contributed by atoms with Crippen molar-refractivity contribution in [3.8, 4) is 11.5 Å². The third-order valence-corrected chi connectivity index (χ3v) is 4.64. The van der Waals surface area contributed by atoms with Gasteiger partial charge in [-0.1, -0.05) is 12.1 Å². The first-order valence-corrected chi connectivity index (χ1v) is 8.60. The molecule has 0 amide bonds. The fraction of sp³-hybridized carbons (Fsp3) is 0.118. The number of hydrogen-bond acceptors (Lipinski definition) is 5. The number of methoxy groups -OCH3 is 2. The van der Waals surface area contributed by atoms with Crippen LogP contribution in [0.4, 0.5) is 5.69 Å². The number of carbonyl (C=O) groups is 1. The van der Waals surface area contributed by atoms with Crippen LogP contribution in [0.5, 0.6) is 11.5 Å². The molecule has 0 spiro atoms. The summed E-state index contributed by atoms with van der Waals surface area (Å²) in [5.74, 6) is -0.249. The molecule has 0 aliphatic heterocycles. The molecule has 7 nitrogen and oxygen atoms in total. The molecular formula is C17H17NO6S. The molecule has 2 rings (SSSR count). The number of rotatable bonds is 7. The standard InChI is InChI=1S/C17H17NO6S/c1-23-13-6-9-16(24-2)15(11-13)18-25(21,22)14-7-3-12(4-8-14)5-10-17(19)20/h3-11,18H,1-2H3,(H,19,20). The average Bonchev–Trinajstić information content (AvgIpc) is 2.60. The van der Waals surface area contributed by atoms with Crippen LogP contribution in [-0.4, -0.2) is 33.7 Å². The Balaban J connectivity index is 2.29. The summed E-state index contributed by atoms with van der Waals surface area (Å²) in [7, 11) is -0.936. The van der Waals surface area contributed by atoms with Crippen LogP contribution >= 0.6 is 0 Å². The predicted octanol–water partition coefficient (Wildman–Crippen LogP) is 2.60. The van der Waals surface area contributed by atoms with Crippen LogP contribution in [0.25, 0.3) is 6.08 Å². The van der Waals surface area contributed by atoms with Gasteiger partial charge in [0, 0.05) is 12.1 Å². The van der Waals surface area contributed by atoms with E-state index in [-0.39, 0.29) is 10.6 Å². The Morgan fingerprint density at radius 2 is 1.76 bits per heavy atom. The van der Waals surface area contributed by atoms with E-state index < -0.39 is 16.0 Å². The minimum Gasteiger partial charge on any atom is -0.497 e. The third-order valence-electron chi connectivity index (χ3n) is 3.26. The molecule has 2 aromatic rings. The van der Waals surface area contributed by atoms with Crippen LogP contribution in [0.15, 0.2) is 53.4 Å². The zero-order valence-electron chi connectivity index (χ0n) is 13.6. The van der Waals surface area contributed by atoms with Crippen molar-refractivity contribution in [2.75, 3.05) is 18.9 Å². The monoisotopic (exact) mass is 363 g/mol. The molecule has 0 bridgehead atoms. The van der Waals surface area contributed by atoms with E-state index in [0.29, 0.717) is 17.1 Å². The van der Waals surface area contributed by atoms with Gasteiger partial charge in [-0.05, 0) is 35.9 Å². The molecule has 0 aliphatic rings. The van der Waals surface area contributed by atoms with E-state index >= 15 is 0 Å². The highest BCUT2D eigenvalue weighted by molar-refractivity contribution is 7.92. The zero-order valence-corrected chi connectivity index (χ0v) is 14.4. The molecular weight excluding hydrogens is 346 g/mol. The van der Waals surface area contributed by atoms with Crippen LogP contribution in [0.3, 0.4) is 0 Å². The molecule has 0 unspecified atom stereocenters. The summed E-state index contributed by atoms with van der Waals surface area (Å²) in [5.41, 5.74) is 0.817. The Labute approximate surface area is 145 Å². The minimum atomic E-state index is -3.84. The van der Waals surface area contributed by atoms with Crippen LogP contribution in [-0.2, 0) is 14.8 Å². The van der Waals surface area contributed by atoms with Gasteiger partial charge in [-0.25, -0.2) is 13.2 Å². The predicted molar refractivity (Wildman–Crippen MR) is 93.5 cm³/mol. The van der Waals surface area contributed by atoms with E-state index in [9.17, 15) is 13.2 Å². The third kappa shape index (κ3) is 4.74. The molecule has 0 radical (unpaired) electrons. The van der Waals surface area contributed by atoms with E-state index in [4.69, 9.17) is 14.6 Å². The molecule has 0 fully saturated rings. The van der Waals surface area contributed by atoms with E-state index in [1.54, 1.807) is 12.1 Å². The number of hydrogen-bond donors (Lipinski definition) is 2. The van der Waals surface area contributed by atoms with E-state index in [1.165, 1.54) is 50.6 Å². The topological polar surface area (TPSA) is 102 Å². The first-order chi connectivity index (χ1) is 11.9. The van der Waals surface area contributed by atoms with Gasteiger partial charge < -0.3 is 14.6 Å². The summed E-state index contributed by atoms with van der Waals surface area (Å²) in [6.07, 6.45) is 2.35. The molecule has 0 saturated heterocycles. The van der Waals surface area contributed by atoms with Crippen LogP contribution in [0.2, 0.25) is 0 Å². The first-order valence-electron chi connectivity index (χ1n) is 7.11. The smallest absolute Gasteiger partial charge is 0.328 e. The van der Waals surface area contributed by atoms with Crippen molar-refractivity contribution in [1.82, 2.24) is 0 Å². The number of nitrogens with one attached hydrogen (secondary N) is 1. The van der Waals surface area contributed by atoms with E-state index in [2.05, 4.69) is 4.72 Å². The van der Waals surface area contributed by atoms with Gasteiger partial charge in [0.05, 0.1) is 24.8 Å². The number of ether oxygens (including phenoxy) is 2. The number of sulfonamides is 1. The summed E-state index contributed by atoms with van der Waals surface area (Å²) < 4.78 is 37.8. The molecule has 0 aliphatic carbocycles. The highest BCUT2D eigenvalue weighted by Crippen LogP contribution is 2.30. The zero-order chi connectivity index (χ0) is 18.4. The lowest BCUT2D eigenvalue weighted by Gasteiger charge is -2.13. The minimum absolute atomic E-state index is 0.0323. The van der Waals surface area contributed by atoms with Crippen LogP contribution < -0.4 is 14.2 Å². The molecule has 2 aromatic carbocycles. The Morgan fingerprint density at radius 1 is 1.08 bits per heavy atom. The van der Waals surface area contributed by atoms with E-state index in [1.807, 2.05) is 0 Å². The second-order valence-electron chi connectivity index (χ2n) is 4.91. The Morgan fingerprint density at radius 3 is 2.32 bits per heavy atom. The number of carboxylic acid groups (broad SMARTS) is 1. The van der Waals surface area contributed by atoms with Gasteiger partial charge in [0.2, 0.25) is 0 Å².